The van der Waals surface area contributed by atoms with Crippen molar-refractivity contribution in [3.8, 4) is 0 Å². The number of carbonyl (C=O) groups excluding carboxylic acids is 2. The number of H-pyrrole nitrogens is 1. The van der Waals surface area contributed by atoms with Gasteiger partial charge in [0.2, 0.25) is 5.91 Å². The zero-order valence-corrected chi connectivity index (χ0v) is 17.7. The van der Waals surface area contributed by atoms with Crippen LogP contribution in [0.1, 0.15) is 47.1 Å². The van der Waals surface area contributed by atoms with Crippen LogP contribution in [0.25, 0.3) is 11.0 Å². The first kappa shape index (κ1) is 19.3. The van der Waals surface area contributed by atoms with E-state index >= 15 is 0 Å². The summed E-state index contributed by atoms with van der Waals surface area (Å²) < 4.78 is 0. The fourth-order valence-corrected chi connectivity index (χ4v) is 5.40. The number of likely N-dealkylation sites (tertiary alicyclic amines) is 2. The Kier molecular flexibility index (Phi) is 5.29. The molecule has 0 radical (unpaired) electrons. The first-order valence-corrected chi connectivity index (χ1v) is 11.6. The summed E-state index contributed by atoms with van der Waals surface area (Å²) in [5.41, 5.74) is 2.04. The number of rotatable bonds is 3. The second kappa shape index (κ2) is 8.22. The summed E-state index contributed by atoms with van der Waals surface area (Å²) in [5, 5.41) is 1.93. The van der Waals surface area contributed by atoms with Crippen molar-refractivity contribution in [2.45, 2.75) is 31.6 Å². The van der Waals surface area contributed by atoms with Crippen LogP contribution in [0.2, 0.25) is 0 Å². The molecule has 1 N–H and O–H groups in total. The van der Waals surface area contributed by atoms with Gasteiger partial charge in [-0.25, -0.2) is 4.98 Å². The number of hydrogen-bond donors (Lipinski definition) is 1. The molecular formula is C23H26N4O2S. The number of nitrogens with one attached hydrogen (secondary N) is 1. The highest BCUT2D eigenvalue weighted by Crippen LogP contribution is 2.29. The van der Waals surface area contributed by atoms with Crippen LogP contribution in [0, 0.1) is 5.92 Å². The Balaban J connectivity index is 1.20. The number of nitrogens with zero attached hydrogens (tertiary/aromatic N) is 3. The number of fused-ring (bicyclic) bond motifs is 1. The molecule has 2 amide bonds. The van der Waals surface area contributed by atoms with Gasteiger partial charge in [0.25, 0.3) is 5.91 Å². The van der Waals surface area contributed by atoms with Gasteiger partial charge in [-0.2, -0.15) is 0 Å². The molecule has 2 aliphatic heterocycles. The molecule has 6 nitrogen and oxygen atoms in total. The summed E-state index contributed by atoms with van der Waals surface area (Å²) >= 11 is 1.48. The standard InChI is InChI=1S/C23H26N4O2S/c28-22(16-9-12-26(13-10-16)23(29)20-8-4-14-30-20)27-11-3-5-17(15-27)21-24-18-6-1-2-7-19(18)25-21/h1-2,4,6-8,14,16-17H,3,5,9-13,15H2,(H,24,25). The molecule has 2 fully saturated rings. The monoisotopic (exact) mass is 422 g/mol. The van der Waals surface area contributed by atoms with Crippen molar-refractivity contribution >= 4 is 34.2 Å². The van der Waals surface area contributed by atoms with Crippen LogP contribution in [-0.2, 0) is 4.79 Å². The van der Waals surface area contributed by atoms with Crippen molar-refractivity contribution < 1.29 is 9.59 Å². The summed E-state index contributed by atoms with van der Waals surface area (Å²) in [6.07, 6.45) is 3.56. The number of piperidine rings is 2. The third-order valence-corrected chi connectivity index (χ3v) is 7.25. The van der Waals surface area contributed by atoms with Gasteiger partial charge in [-0.05, 0) is 49.3 Å². The van der Waals surface area contributed by atoms with Gasteiger partial charge in [-0.15, -0.1) is 11.3 Å². The van der Waals surface area contributed by atoms with Gasteiger partial charge >= 0.3 is 0 Å². The fraction of sp³-hybridized carbons (Fsp3) is 0.435. The largest absolute Gasteiger partial charge is 0.342 e. The quantitative estimate of drug-likeness (QED) is 0.696. The average molecular weight is 423 g/mol. The number of hydrogen-bond acceptors (Lipinski definition) is 4. The van der Waals surface area contributed by atoms with E-state index in [9.17, 15) is 9.59 Å². The van der Waals surface area contributed by atoms with Crippen LogP contribution in [0.5, 0.6) is 0 Å². The number of benzene rings is 1. The third-order valence-electron chi connectivity index (χ3n) is 6.39. The first-order valence-electron chi connectivity index (χ1n) is 10.8. The normalized spacial score (nSPS) is 20.6. The summed E-state index contributed by atoms with van der Waals surface area (Å²) in [6.45, 7) is 2.87. The maximum atomic E-state index is 13.2. The minimum absolute atomic E-state index is 0.0202. The van der Waals surface area contributed by atoms with Crippen LogP contribution in [0.15, 0.2) is 41.8 Å². The number of aromatic nitrogens is 2. The van der Waals surface area contributed by atoms with Gasteiger partial charge in [-0.1, -0.05) is 18.2 Å². The van der Waals surface area contributed by atoms with Crippen molar-refractivity contribution in [1.82, 2.24) is 19.8 Å². The van der Waals surface area contributed by atoms with E-state index in [-0.39, 0.29) is 23.7 Å². The van der Waals surface area contributed by atoms with E-state index in [1.165, 1.54) is 11.3 Å². The van der Waals surface area contributed by atoms with Gasteiger partial charge in [0, 0.05) is 38.0 Å². The van der Waals surface area contributed by atoms with Crippen molar-refractivity contribution in [2.75, 3.05) is 26.2 Å². The van der Waals surface area contributed by atoms with Crippen LogP contribution in [0.3, 0.4) is 0 Å². The smallest absolute Gasteiger partial charge is 0.263 e. The molecule has 7 heteroatoms. The number of para-hydroxylation sites is 2. The van der Waals surface area contributed by atoms with Crippen LogP contribution < -0.4 is 0 Å². The molecule has 3 aromatic rings. The Morgan fingerprint density at radius 1 is 1.00 bits per heavy atom. The van der Waals surface area contributed by atoms with Crippen molar-refractivity contribution in [3.05, 3.63) is 52.5 Å². The first-order chi connectivity index (χ1) is 14.7. The predicted octanol–water partition coefficient (Wildman–Crippen LogP) is 3.88. The molecule has 30 heavy (non-hydrogen) atoms. The van der Waals surface area contributed by atoms with Gasteiger partial charge in [0.05, 0.1) is 15.9 Å². The maximum absolute atomic E-state index is 13.2. The molecule has 0 bridgehead atoms. The molecule has 2 saturated heterocycles. The molecule has 2 aromatic heterocycles. The Morgan fingerprint density at radius 2 is 1.83 bits per heavy atom. The molecule has 1 atom stereocenters. The average Bonchev–Trinajstić information content (AvgIpc) is 3.48. The van der Waals surface area contributed by atoms with Crippen LogP contribution >= 0.6 is 11.3 Å². The second-order valence-electron chi connectivity index (χ2n) is 8.31. The SMILES string of the molecule is O=C(c1cccs1)N1CCC(C(=O)N2CCCC(c3nc4ccccc4[nH]3)C2)CC1. The van der Waals surface area contributed by atoms with E-state index in [1.807, 2.05) is 51.6 Å². The van der Waals surface area contributed by atoms with Gasteiger partial charge in [0.1, 0.15) is 5.82 Å². The highest BCUT2D eigenvalue weighted by molar-refractivity contribution is 7.12. The van der Waals surface area contributed by atoms with Gasteiger partial charge in [0.15, 0.2) is 0 Å². The molecule has 0 aliphatic carbocycles. The molecule has 0 saturated carbocycles. The Labute approximate surface area is 179 Å². The minimum atomic E-state index is 0.0202. The molecular weight excluding hydrogens is 396 g/mol. The van der Waals surface area contributed by atoms with E-state index < -0.39 is 0 Å². The lowest BCUT2D eigenvalue weighted by Crippen LogP contribution is -2.47. The van der Waals surface area contributed by atoms with Crippen molar-refractivity contribution in [3.63, 3.8) is 0 Å². The number of amides is 2. The summed E-state index contributed by atoms with van der Waals surface area (Å²) in [5.74, 6) is 1.62. The number of thiophene rings is 1. The number of carbonyl (C=O) groups is 2. The number of imidazole rings is 1. The highest BCUT2D eigenvalue weighted by Gasteiger charge is 2.33. The van der Waals surface area contributed by atoms with Gasteiger partial charge < -0.3 is 14.8 Å². The van der Waals surface area contributed by atoms with E-state index in [1.54, 1.807) is 0 Å². The molecule has 1 unspecified atom stereocenters. The highest BCUT2D eigenvalue weighted by atomic mass is 32.1. The molecule has 1 aromatic carbocycles. The summed E-state index contributed by atoms with van der Waals surface area (Å²) in [7, 11) is 0. The van der Waals surface area contributed by atoms with Crippen molar-refractivity contribution in [1.29, 1.82) is 0 Å². The lowest BCUT2D eigenvalue weighted by Gasteiger charge is -2.37. The number of aromatic amines is 1. The zero-order valence-electron chi connectivity index (χ0n) is 16.9. The van der Waals surface area contributed by atoms with Crippen molar-refractivity contribution in [2.24, 2.45) is 5.92 Å². The molecule has 5 rings (SSSR count). The van der Waals surface area contributed by atoms with E-state index in [4.69, 9.17) is 4.98 Å². The zero-order chi connectivity index (χ0) is 20.5. The summed E-state index contributed by atoms with van der Waals surface area (Å²) in [6, 6.07) is 11.9. The lowest BCUT2D eigenvalue weighted by molar-refractivity contribution is -0.138. The summed E-state index contributed by atoms with van der Waals surface area (Å²) in [4.78, 5) is 38.7. The minimum Gasteiger partial charge on any atom is -0.342 e. The molecule has 4 heterocycles. The van der Waals surface area contributed by atoms with Crippen LogP contribution in [-0.4, -0.2) is 57.8 Å². The van der Waals surface area contributed by atoms with E-state index in [2.05, 4.69) is 4.98 Å². The Bertz CT molecular complexity index is 1000. The lowest BCUT2D eigenvalue weighted by atomic mass is 9.92. The molecule has 0 spiro atoms. The predicted molar refractivity (Wildman–Crippen MR) is 118 cm³/mol. The second-order valence-corrected chi connectivity index (χ2v) is 9.25. The topological polar surface area (TPSA) is 69.3 Å². The Hall–Kier alpha value is -2.67. The van der Waals surface area contributed by atoms with Crippen LogP contribution in [0.4, 0.5) is 0 Å². The molecule has 2 aliphatic rings. The van der Waals surface area contributed by atoms with Gasteiger partial charge in [-0.3, -0.25) is 9.59 Å². The maximum Gasteiger partial charge on any atom is 0.263 e. The van der Waals surface area contributed by atoms with E-state index in [0.717, 1.165) is 60.5 Å². The molecule has 156 valence electrons. The third kappa shape index (κ3) is 3.74. The Morgan fingerprint density at radius 3 is 2.60 bits per heavy atom. The fourth-order valence-electron chi connectivity index (χ4n) is 4.71. The van der Waals surface area contributed by atoms with E-state index in [0.29, 0.717) is 13.1 Å².